The van der Waals surface area contributed by atoms with Crippen LogP contribution in [0.3, 0.4) is 0 Å². The Balaban J connectivity index is 2.55. The van der Waals surface area contributed by atoms with Crippen LogP contribution in [0.25, 0.3) is 0 Å². The average Bonchev–Trinajstić information content (AvgIpc) is 2.29. The van der Waals surface area contributed by atoms with E-state index >= 15 is 0 Å². The smallest absolute Gasteiger partial charge is 0.122 e. The van der Waals surface area contributed by atoms with Gasteiger partial charge in [-0.3, -0.25) is 0 Å². The molecule has 0 aliphatic carbocycles. The maximum absolute atomic E-state index is 5.47. The minimum absolute atomic E-state index is 0.601. The molecule has 1 aromatic rings. The van der Waals surface area contributed by atoms with E-state index in [0.29, 0.717) is 5.92 Å². The molecule has 0 aromatic heterocycles. The number of ether oxygens (including phenoxy) is 1. The summed E-state index contributed by atoms with van der Waals surface area (Å²) < 4.78 is 5.47. The summed E-state index contributed by atoms with van der Waals surface area (Å²) >= 11 is 0. The van der Waals surface area contributed by atoms with Crippen molar-refractivity contribution in [3.63, 3.8) is 0 Å². The molecule has 1 heterocycles. The van der Waals surface area contributed by atoms with E-state index in [2.05, 4.69) is 31.3 Å². The van der Waals surface area contributed by atoms with Crippen molar-refractivity contribution in [1.82, 2.24) is 5.32 Å². The summed E-state index contributed by atoms with van der Waals surface area (Å²) in [6, 6.07) is 4.25. The van der Waals surface area contributed by atoms with Crippen LogP contribution in [0.4, 0.5) is 0 Å². The molecule has 2 heteroatoms. The van der Waals surface area contributed by atoms with Gasteiger partial charge in [-0.25, -0.2) is 0 Å². The Hall–Kier alpha value is -1.02. The summed E-state index contributed by atoms with van der Waals surface area (Å²) in [7, 11) is 1.76. The third-order valence-electron chi connectivity index (χ3n) is 3.36. The van der Waals surface area contributed by atoms with Crippen LogP contribution in [0.1, 0.15) is 36.0 Å². The molecular weight excluding hydrogens is 186 g/mol. The van der Waals surface area contributed by atoms with E-state index in [1.807, 2.05) is 0 Å². The standard InChI is InChI=1S/C13H19NO/c1-4-10-7-14-8-11-9(2)5-6-12(15-3)13(10)11/h5-6,10,14H,4,7-8H2,1-3H3. The van der Waals surface area contributed by atoms with E-state index < -0.39 is 0 Å². The van der Waals surface area contributed by atoms with E-state index in [0.717, 1.165) is 18.8 Å². The maximum Gasteiger partial charge on any atom is 0.122 e. The second kappa shape index (κ2) is 4.23. The number of hydrogen-bond acceptors (Lipinski definition) is 2. The highest BCUT2D eigenvalue weighted by molar-refractivity contribution is 5.48. The van der Waals surface area contributed by atoms with Crippen molar-refractivity contribution in [1.29, 1.82) is 0 Å². The number of methoxy groups -OCH3 is 1. The van der Waals surface area contributed by atoms with Gasteiger partial charge in [0.1, 0.15) is 5.75 Å². The fraction of sp³-hybridized carbons (Fsp3) is 0.538. The predicted octanol–water partition coefficient (Wildman–Crippen LogP) is 2.60. The Morgan fingerprint density at radius 1 is 1.47 bits per heavy atom. The van der Waals surface area contributed by atoms with Crippen molar-refractivity contribution in [2.24, 2.45) is 0 Å². The van der Waals surface area contributed by atoms with Crippen LogP contribution in [0.15, 0.2) is 12.1 Å². The summed E-state index contributed by atoms with van der Waals surface area (Å²) in [5.41, 5.74) is 4.24. The van der Waals surface area contributed by atoms with Gasteiger partial charge < -0.3 is 10.1 Å². The topological polar surface area (TPSA) is 21.3 Å². The highest BCUT2D eigenvalue weighted by atomic mass is 16.5. The van der Waals surface area contributed by atoms with Gasteiger partial charge in [-0.05, 0) is 30.5 Å². The Labute approximate surface area is 91.6 Å². The molecule has 0 bridgehead atoms. The molecule has 0 saturated heterocycles. The second-order valence-electron chi connectivity index (χ2n) is 4.21. The molecule has 2 rings (SSSR count). The van der Waals surface area contributed by atoms with E-state index in [9.17, 15) is 0 Å². The van der Waals surface area contributed by atoms with Crippen LogP contribution in [0.5, 0.6) is 5.75 Å². The lowest BCUT2D eigenvalue weighted by atomic mass is 9.86. The zero-order valence-corrected chi connectivity index (χ0v) is 9.76. The zero-order valence-electron chi connectivity index (χ0n) is 9.76. The van der Waals surface area contributed by atoms with Gasteiger partial charge in [-0.15, -0.1) is 0 Å². The molecule has 0 spiro atoms. The highest BCUT2D eigenvalue weighted by Crippen LogP contribution is 2.35. The number of aryl methyl sites for hydroxylation is 1. The molecule has 1 atom stereocenters. The van der Waals surface area contributed by atoms with Gasteiger partial charge in [0.15, 0.2) is 0 Å². The lowest BCUT2D eigenvalue weighted by Crippen LogP contribution is -2.29. The molecule has 0 amide bonds. The second-order valence-corrected chi connectivity index (χ2v) is 4.21. The molecule has 1 aliphatic heterocycles. The molecular formula is C13H19NO. The zero-order chi connectivity index (χ0) is 10.8. The average molecular weight is 205 g/mol. The van der Waals surface area contributed by atoms with Crippen molar-refractivity contribution in [2.45, 2.75) is 32.7 Å². The number of rotatable bonds is 2. The largest absolute Gasteiger partial charge is 0.496 e. The quantitative estimate of drug-likeness (QED) is 0.801. The van der Waals surface area contributed by atoms with Crippen LogP contribution in [-0.4, -0.2) is 13.7 Å². The lowest BCUT2D eigenvalue weighted by molar-refractivity contribution is 0.396. The third-order valence-corrected chi connectivity index (χ3v) is 3.36. The molecule has 0 saturated carbocycles. The molecule has 1 N–H and O–H groups in total. The number of benzene rings is 1. The molecule has 1 unspecified atom stereocenters. The van der Waals surface area contributed by atoms with Gasteiger partial charge in [-0.1, -0.05) is 13.0 Å². The van der Waals surface area contributed by atoms with E-state index in [1.54, 1.807) is 7.11 Å². The van der Waals surface area contributed by atoms with Gasteiger partial charge in [0.2, 0.25) is 0 Å². The summed E-state index contributed by atoms with van der Waals surface area (Å²) in [6.07, 6.45) is 1.17. The summed E-state index contributed by atoms with van der Waals surface area (Å²) in [5, 5.41) is 3.48. The molecule has 82 valence electrons. The van der Waals surface area contributed by atoms with Crippen LogP contribution in [0.2, 0.25) is 0 Å². The predicted molar refractivity (Wildman–Crippen MR) is 62.5 cm³/mol. The van der Waals surface area contributed by atoms with Gasteiger partial charge in [0.25, 0.3) is 0 Å². The fourth-order valence-electron chi connectivity index (χ4n) is 2.43. The molecule has 15 heavy (non-hydrogen) atoms. The minimum atomic E-state index is 0.601. The van der Waals surface area contributed by atoms with E-state index in [-0.39, 0.29) is 0 Å². The summed E-state index contributed by atoms with van der Waals surface area (Å²) in [4.78, 5) is 0. The SMILES string of the molecule is CCC1CNCc2c(C)ccc(OC)c21. The summed E-state index contributed by atoms with van der Waals surface area (Å²) in [6.45, 7) is 6.47. The van der Waals surface area contributed by atoms with Gasteiger partial charge in [0.05, 0.1) is 7.11 Å². The first-order chi connectivity index (χ1) is 7.27. The number of hydrogen-bond donors (Lipinski definition) is 1. The van der Waals surface area contributed by atoms with E-state index in [4.69, 9.17) is 4.74 Å². The fourth-order valence-corrected chi connectivity index (χ4v) is 2.43. The van der Waals surface area contributed by atoms with Crippen molar-refractivity contribution >= 4 is 0 Å². The van der Waals surface area contributed by atoms with Crippen LogP contribution in [0, 0.1) is 6.92 Å². The van der Waals surface area contributed by atoms with Crippen LogP contribution in [-0.2, 0) is 6.54 Å². The maximum atomic E-state index is 5.47. The van der Waals surface area contributed by atoms with Crippen molar-refractivity contribution in [3.8, 4) is 5.75 Å². The lowest BCUT2D eigenvalue weighted by Gasteiger charge is -2.28. The van der Waals surface area contributed by atoms with Crippen molar-refractivity contribution in [3.05, 3.63) is 28.8 Å². The third kappa shape index (κ3) is 1.74. The van der Waals surface area contributed by atoms with Crippen molar-refractivity contribution in [2.75, 3.05) is 13.7 Å². The summed E-state index contributed by atoms with van der Waals surface area (Å²) in [5.74, 6) is 1.66. The first-order valence-electron chi connectivity index (χ1n) is 5.65. The Kier molecular flexibility index (Phi) is 2.96. The van der Waals surface area contributed by atoms with Crippen LogP contribution >= 0.6 is 0 Å². The highest BCUT2D eigenvalue weighted by Gasteiger charge is 2.23. The molecule has 2 nitrogen and oxygen atoms in total. The first kappa shape index (κ1) is 10.5. The monoisotopic (exact) mass is 205 g/mol. The minimum Gasteiger partial charge on any atom is -0.496 e. The normalized spacial score (nSPS) is 19.8. The van der Waals surface area contributed by atoms with Crippen molar-refractivity contribution < 1.29 is 4.74 Å². The molecule has 0 fully saturated rings. The number of nitrogens with one attached hydrogen (secondary N) is 1. The molecule has 1 aromatic carbocycles. The molecule has 0 radical (unpaired) electrons. The first-order valence-corrected chi connectivity index (χ1v) is 5.65. The van der Waals surface area contributed by atoms with Gasteiger partial charge in [0, 0.05) is 24.6 Å². The Bertz CT molecular complexity index is 360. The van der Waals surface area contributed by atoms with Crippen LogP contribution < -0.4 is 10.1 Å². The molecule has 1 aliphatic rings. The van der Waals surface area contributed by atoms with Gasteiger partial charge in [-0.2, -0.15) is 0 Å². The van der Waals surface area contributed by atoms with E-state index in [1.165, 1.54) is 23.1 Å². The number of fused-ring (bicyclic) bond motifs is 1. The Morgan fingerprint density at radius 2 is 2.27 bits per heavy atom. The Morgan fingerprint density at radius 3 is 2.93 bits per heavy atom. The van der Waals surface area contributed by atoms with Gasteiger partial charge >= 0.3 is 0 Å².